The topological polar surface area (TPSA) is 86.7 Å². The molecule has 1 amide bonds. The van der Waals surface area contributed by atoms with Gasteiger partial charge in [-0.1, -0.05) is 0 Å². The first kappa shape index (κ1) is 10.2. The Morgan fingerprint density at radius 1 is 1.67 bits per heavy atom. The summed E-state index contributed by atoms with van der Waals surface area (Å²) < 4.78 is 15.4. The summed E-state index contributed by atoms with van der Waals surface area (Å²) >= 11 is 0. The minimum Gasteiger partial charge on any atom is -0.459 e. The first-order valence-electron chi connectivity index (χ1n) is 4.58. The van der Waals surface area contributed by atoms with Crippen LogP contribution < -0.4 is 11.3 Å². The van der Waals surface area contributed by atoms with E-state index in [-0.39, 0.29) is 11.9 Å². The molecule has 0 aromatic carbocycles. The SMILES string of the molecule is NNC(=O)c1occc1COC1COC1. The van der Waals surface area contributed by atoms with Crippen molar-refractivity contribution in [1.29, 1.82) is 0 Å². The quantitative estimate of drug-likeness (QED) is 0.410. The van der Waals surface area contributed by atoms with Crippen LogP contribution >= 0.6 is 0 Å². The number of nitrogens with one attached hydrogen (secondary N) is 1. The van der Waals surface area contributed by atoms with Gasteiger partial charge in [0.15, 0.2) is 5.76 Å². The zero-order valence-corrected chi connectivity index (χ0v) is 8.06. The molecule has 0 saturated carbocycles. The number of furan rings is 1. The molecule has 0 spiro atoms. The third kappa shape index (κ3) is 2.17. The normalized spacial score (nSPS) is 16.1. The molecule has 2 heterocycles. The summed E-state index contributed by atoms with van der Waals surface area (Å²) in [5.41, 5.74) is 2.70. The van der Waals surface area contributed by atoms with Crippen molar-refractivity contribution in [3.8, 4) is 0 Å². The predicted octanol–water partition coefficient (Wildman–Crippen LogP) is -0.202. The summed E-state index contributed by atoms with van der Waals surface area (Å²) in [5.74, 6) is 4.74. The first-order chi connectivity index (χ1) is 7.31. The van der Waals surface area contributed by atoms with Gasteiger partial charge < -0.3 is 13.9 Å². The third-order valence-electron chi connectivity index (χ3n) is 2.17. The summed E-state index contributed by atoms with van der Waals surface area (Å²) in [6.07, 6.45) is 1.55. The van der Waals surface area contributed by atoms with Gasteiger partial charge >= 0.3 is 5.91 Å². The Balaban J connectivity index is 1.94. The van der Waals surface area contributed by atoms with Crippen molar-refractivity contribution in [1.82, 2.24) is 5.43 Å². The van der Waals surface area contributed by atoms with Gasteiger partial charge in [-0.05, 0) is 6.07 Å². The van der Waals surface area contributed by atoms with Gasteiger partial charge in [-0.2, -0.15) is 0 Å². The van der Waals surface area contributed by atoms with Gasteiger partial charge in [-0.25, -0.2) is 5.84 Å². The molecule has 6 heteroatoms. The number of nitrogens with two attached hydrogens (primary N) is 1. The Labute approximate surface area is 86.3 Å². The van der Waals surface area contributed by atoms with Crippen LogP contribution in [0.4, 0.5) is 0 Å². The van der Waals surface area contributed by atoms with Crippen molar-refractivity contribution in [3.05, 3.63) is 23.7 Å². The summed E-state index contributed by atoms with van der Waals surface area (Å²) in [4.78, 5) is 11.2. The van der Waals surface area contributed by atoms with Crippen LogP contribution in [0.5, 0.6) is 0 Å². The molecule has 3 N–H and O–H groups in total. The van der Waals surface area contributed by atoms with E-state index in [0.717, 1.165) is 0 Å². The molecular formula is C9H12N2O4. The van der Waals surface area contributed by atoms with Crippen molar-refractivity contribution < 1.29 is 18.7 Å². The third-order valence-corrected chi connectivity index (χ3v) is 2.17. The fourth-order valence-corrected chi connectivity index (χ4v) is 1.23. The number of nitrogen functional groups attached to an aromatic ring is 1. The van der Waals surface area contributed by atoms with E-state index < -0.39 is 5.91 Å². The molecule has 2 rings (SSSR count). The Morgan fingerprint density at radius 3 is 3.07 bits per heavy atom. The van der Waals surface area contributed by atoms with E-state index >= 15 is 0 Å². The molecule has 0 atom stereocenters. The lowest BCUT2D eigenvalue weighted by Gasteiger charge is -2.25. The molecule has 0 unspecified atom stereocenters. The van der Waals surface area contributed by atoms with Crippen molar-refractivity contribution in [3.63, 3.8) is 0 Å². The highest BCUT2D eigenvalue weighted by molar-refractivity contribution is 5.92. The summed E-state index contributed by atoms with van der Waals surface area (Å²) in [6.45, 7) is 1.54. The van der Waals surface area contributed by atoms with Crippen LogP contribution in [-0.2, 0) is 16.1 Å². The molecule has 6 nitrogen and oxygen atoms in total. The molecule has 1 saturated heterocycles. The molecule has 1 aromatic heterocycles. The molecule has 82 valence electrons. The molecule has 1 aliphatic rings. The second kappa shape index (κ2) is 4.43. The Hall–Kier alpha value is -1.37. The zero-order chi connectivity index (χ0) is 10.7. The van der Waals surface area contributed by atoms with E-state index in [2.05, 4.69) is 0 Å². The van der Waals surface area contributed by atoms with E-state index in [1.807, 2.05) is 5.43 Å². The van der Waals surface area contributed by atoms with Crippen LogP contribution in [0.3, 0.4) is 0 Å². The smallest absolute Gasteiger partial charge is 0.301 e. The highest BCUT2D eigenvalue weighted by atomic mass is 16.6. The summed E-state index contributed by atoms with van der Waals surface area (Å²) in [6, 6.07) is 1.68. The number of hydrogen-bond donors (Lipinski definition) is 2. The van der Waals surface area contributed by atoms with Crippen LogP contribution in [0.2, 0.25) is 0 Å². The van der Waals surface area contributed by atoms with Gasteiger partial charge in [0, 0.05) is 5.56 Å². The first-order valence-corrected chi connectivity index (χ1v) is 4.58. The van der Waals surface area contributed by atoms with E-state index in [1.54, 1.807) is 6.07 Å². The fraction of sp³-hybridized carbons (Fsp3) is 0.444. The second-order valence-electron chi connectivity index (χ2n) is 3.22. The Bertz CT molecular complexity index is 346. The zero-order valence-electron chi connectivity index (χ0n) is 8.06. The van der Waals surface area contributed by atoms with Crippen LogP contribution in [0.15, 0.2) is 16.7 Å². The Morgan fingerprint density at radius 2 is 2.47 bits per heavy atom. The maximum absolute atomic E-state index is 11.2. The summed E-state index contributed by atoms with van der Waals surface area (Å²) in [7, 11) is 0. The lowest BCUT2D eigenvalue weighted by atomic mass is 10.2. The van der Waals surface area contributed by atoms with Gasteiger partial charge in [0.2, 0.25) is 0 Å². The monoisotopic (exact) mass is 212 g/mol. The van der Waals surface area contributed by atoms with E-state index in [9.17, 15) is 4.79 Å². The number of hydrazine groups is 1. The molecule has 0 aliphatic carbocycles. The molecule has 1 aromatic rings. The molecule has 0 radical (unpaired) electrons. The maximum atomic E-state index is 11.2. The van der Waals surface area contributed by atoms with Crippen molar-refractivity contribution in [2.45, 2.75) is 12.7 Å². The highest BCUT2D eigenvalue weighted by Crippen LogP contribution is 2.14. The van der Waals surface area contributed by atoms with E-state index in [4.69, 9.17) is 19.7 Å². The molecule has 15 heavy (non-hydrogen) atoms. The highest BCUT2D eigenvalue weighted by Gasteiger charge is 2.21. The van der Waals surface area contributed by atoms with E-state index in [1.165, 1.54) is 6.26 Å². The standard InChI is InChI=1S/C9H12N2O4/c10-11-9(12)8-6(1-2-14-8)3-15-7-4-13-5-7/h1-2,7H,3-5,10H2,(H,11,12). The molecular weight excluding hydrogens is 200 g/mol. The second-order valence-corrected chi connectivity index (χ2v) is 3.22. The average Bonchev–Trinajstić information content (AvgIpc) is 2.62. The largest absolute Gasteiger partial charge is 0.459 e. The Kier molecular flexibility index (Phi) is 3.00. The van der Waals surface area contributed by atoms with Gasteiger partial charge in [0.05, 0.1) is 26.1 Å². The minimum atomic E-state index is -0.455. The lowest BCUT2D eigenvalue weighted by Crippen LogP contribution is -2.36. The van der Waals surface area contributed by atoms with Crippen molar-refractivity contribution in [2.24, 2.45) is 5.84 Å². The van der Waals surface area contributed by atoms with Crippen molar-refractivity contribution in [2.75, 3.05) is 13.2 Å². The number of rotatable bonds is 4. The number of carbonyl (C=O) groups excluding carboxylic acids is 1. The molecule has 0 bridgehead atoms. The lowest BCUT2D eigenvalue weighted by molar-refractivity contribution is -0.135. The maximum Gasteiger partial charge on any atom is 0.301 e. The fourth-order valence-electron chi connectivity index (χ4n) is 1.23. The van der Waals surface area contributed by atoms with Crippen molar-refractivity contribution >= 4 is 5.91 Å². The van der Waals surface area contributed by atoms with Gasteiger partial charge in [0.1, 0.15) is 6.10 Å². The number of amides is 1. The minimum absolute atomic E-state index is 0.119. The van der Waals surface area contributed by atoms with Gasteiger partial charge in [-0.15, -0.1) is 0 Å². The van der Waals surface area contributed by atoms with E-state index in [0.29, 0.717) is 25.4 Å². The number of hydrogen-bond acceptors (Lipinski definition) is 5. The van der Waals surface area contributed by atoms with Crippen LogP contribution in [0.25, 0.3) is 0 Å². The predicted molar refractivity (Wildman–Crippen MR) is 49.8 cm³/mol. The summed E-state index contributed by atoms with van der Waals surface area (Å²) in [5, 5.41) is 0. The number of carbonyl (C=O) groups is 1. The average molecular weight is 212 g/mol. The van der Waals surface area contributed by atoms with Gasteiger partial charge in [0.25, 0.3) is 0 Å². The van der Waals surface area contributed by atoms with Crippen LogP contribution in [-0.4, -0.2) is 25.2 Å². The molecule has 1 aliphatic heterocycles. The molecule has 1 fully saturated rings. The number of ether oxygens (including phenoxy) is 2. The van der Waals surface area contributed by atoms with Crippen LogP contribution in [0.1, 0.15) is 16.1 Å². The van der Waals surface area contributed by atoms with Gasteiger partial charge in [-0.3, -0.25) is 10.2 Å². The van der Waals surface area contributed by atoms with Crippen LogP contribution in [0, 0.1) is 0 Å².